The number of halogens is 1. The quantitative estimate of drug-likeness (QED) is 0.702. The fraction of sp³-hybridized carbons (Fsp3) is 1.00. The second kappa shape index (κ2) is 4.90. The van der Waals surface area contributed by atoms with Crippen molar-refractivity contribution in [3.8, 4) is 0 Å². The molecular weight excluding hydrogens is 283 g/mol. The van der Waals surface area contributed by atoms with Gasteiger partial charge in [0, 0.05) is 0 Å². The van der Waals surface area contributed by atoms with Gasteiger partial charge in [-0.1, -0.05) is 0 Å². The van der Waals surface area contributed by atoms with Crippen molar-refractivity contribution in [3.05, 3.63) is 0 Å². The number of hydrogen-bond acceptors (Lipinski definition) is 7. The standard InChI is InChI=1S/C10H17FO7S/c1-10(2)16-8-6(11)7(15-9(8)17-10)5(4-12)18-19(3,13)14/h5-9,12H,4H2,1-3H3/t5-,6+,7-,8-,9-/m1/s1. The Morgan fingerprint density at radius 3 is 2.53 bits per heavy atom. The first-order chi connectivity index (χ1) is 8.63. The van der Waals surface area contributed by atoms with Crippen LogP contribution in [0.5, 0.6) is 0 Å². The molecule has 2 heterocycles. The minimum absolute atomic E-state index is 0.693. The smallest absolute Gasteiger partial charge is 0.264 e. The van der Waals surface area contributed by atoms with Crippen LogP contribution in [0.4, 0.5) is 4.39 Å². The van der Waals surface area contributed by atoms with Gasteiger partial charge >= 0.3 is 0 Å². The van der Waals surface area contributed by atoms with Crippen LogP contribution in [0.2, 0.25) is 0 Å². The van der Waals surface area contributed by atoms with E-state index in [4.69, 9.17) is 19.3 Å². The molecular formula is C10H17FO7S. The third kappa shape index (κ3) is 3.23. The third-order valence-corrected chi connectivity index (χ3v) is 3.45. The maximum Gasteiger partial charge on any atom is 0.264 e. The summed E-state index contributed by atoms with van der Waals surface area (Å²) in [4.78, 5) is 0. The van der Waals surface area contributed by atoms with Crippen molar-refractivity contribution >= 4 is 10.1 Å². The van der Waals surface area contributed by atoms with E-state index < -0.39 is 53.3 Å². The van der Waals surface area contributed by atoms with E-state index in [1.165, 1.54) is 0 Å². The maximum absolute atomic E-state index is 14.2. The molecule has 0 unspecified atom stereocenters. The molecule has 2 fully saturated rings. The topological polar surface area (TPSA) is 91.3 Å². The van der Waals surface area contributed by atoms with E-state index in [1.54, 1.807) is 13.8 Å². The van der Waals surface area contributed by atoms with Crippen LogP contribution in [0.1, 0.15) is 13.8 Å². The van der Waals surface area contributed by atoms with Crippen molar-refractivity contribution in [2.24, 2.45) is 0 Å². The van der Waals surface area contributed by atoms with Gasteiger partial charge in [0.2, 0.25) is 0 Å². The highest BCUT2D eigenvalue weighted by Crippen LogP contribution is 2.40. The first kappa shape index (κ1) is 15.1. The predicted molar refractivity (Wildman–Crippen MR) is 60.4 cm³/mol. The van der Waals surface area contributed by atoms with Crippen LogP contribution in [0.3, 0.4) is 0 Å². The number of alkyl halides is 1. The van der Waals surface area contributed by atoms with E-state index in [1.807, 2.05) is 0 Å². The highest BCUT2D eigenvalue weighted by atomic mass is 32.2. The van der Waals surface area contributed by atoms with Gasteiger partial charge in [0.15, 0.2) is 18.2 Å². The van der Waals surface area contributed by atoms with E-state index in [2.05, 4.69) is 4.18 Å². The summed E-state index contributed by atoms with van der Waals surface area (Å²) in [6, 6.07) is 0. The minimum atomic E-state index is -3.83. The lowest BCUT2D eigenvalue weighted by Crippen LogP contribution is -2.42. The van der Waals surface area contributed by atoms with Crippen molar-refractivity contribution < 1.29 is 36.3 Å². The Morgan fingerprint density at radius 2 is 2.05 bits per heavy atom. The molecule has 0 saturated carbocycles. The molecule has 7 nitrogen and oxygen atoms in total. The second-order valence-corrected chi connectivity index (χ2v) is 6.64. The van der Waals surface area contributed by atoms with Crippen molar-refractivity contribution in [1.82, 2.24) is 0 Å². The summed E-state index contributed by atoms with van der Waals surface area (Å²) in [5.41, 5.74) is 0. The zero-order valence-electron chi connectivity index (χ0n) is 10.8. The monoisotopic (exact) mass is 300 g/mol. The summed E-state index contributed by atoms with van der Waals surface area (Å²) >= 11 is 0. The van der Waals surface area contributed by atoms with Crippen LogP contribution < -0.4 is 0 Å². The number of rotatable bonds is 4. The van der Waals surface area contributed by atoms with E-state index in [0.717, 1.165) is 6.26 Å². The molecule has 2 rings (SSSR count). The van der Waals surface area contributed by atoms with Gasteiger partial charge in [0.05, 0.1) is 12.9 Å². The van der Waals surface area contributed by atoms with Crippen LogP contribution in [-0.4, -0.2) is 62.9 Å². The molecule has 5 atom stereocenters. The summed E-state index contributed by atoms with van der Waals surface area (Å²) in [5.74, 6) is -0.961. The average Bonchev–Trinajstić information content (AvgIpc) is 2.69. The van der Waals surface area contributed by atoms with Gasteiger partial charge in [-0.15, -0.1) is 0 Å². The summed E-state index contributed by atoms with van der Waals surface area (Å²) in [6.07, 6.45) is -5.32. The Labute approximate surface area is 110 Å². The molecule has 19 heavy (non-hydrogen) atoms. The van der Waals surface area contributed by atoms with Crippen LogP contribution in [0, 0.1) is 0 Å². The van der Waals surface area contributed by atoms with Crippen molar-refractivity contribution in [1.29, 1.82) is 0 Å². The molecule has 0 amide bonds. The van der Waals surface area contributed by atoms with Crippen LogP contribution in [0.25, 0.3) is 0 Å². The Hall–Kier alpha value is -0.320. The van der Waals surface area contributed by atoms with Gasteiger partial charge in [-0.05, 0) is 13.8 Å². The largest absolute Gasteiger partial charge is 0.394 e. The molecule has 2 saturated heterocycles. The highest BCUT2D eigenvalue weighted by molar-refractivity contribution is 7.86. The fourth-order valence-corrected chi connectivity index (χ4v) is 2.82. The molecule has 0 aromatic rings. The van der Waals surface area contributed by atoms with Crippen molar-refractivity contribution in [3.63, 3.8) is 0 Å². The molecule has 2 aliphatic rings. The Morgan fingerprint density at radius 1 is 1.42 bits per heavy atom. The number of aliphatic hydroxyl groups excluding tert-OH is 1. The second-order valence-electron chi connectivity index (χ2n) is 5.04. The molecule has 0 bridgehead atoms. The molecule has 0 aromatic heterocycles. The zero-order chi connectivity index (χ0) is 14.4. The van der Waals surface area contributed by atoms with Gasteiger partial charge < -0.3 is 19.3 Å². The lowest BCUT2D eigenvalue weighted by atomic mass is 10.1. The van der Waals surface area contributed by atoms with Gasteiger partial charge in [-0.25, -0.2) is 4.39 Å². The Bertz CT molecular complexity index is 437. The number of ether oxygens (including phenoxy) is 3. The molecule has 0 aliphatic carbocycles. The average molecular weight is 300 g/mol. The molecule has 9 heteroatoms. The van der Waals surface area contributed by atoms with E-state index >= 15 is 0 Å². The first-order valence-corrected chi connectivity index (χ1v) is 7.59. The summed E-state index contributed by atoms with van der Waals surface area (Å²) in [7, 11) is -3.83. The van der Waals surface area contributed by atoms with Gasteiger partial charge in [-0.3, -0.25) is 4.18 Å². The SMILES string of the molecule is CC1(C)O[C@H]2O[C@H]([C@@H](CO)OS(C)(=O)=O)[C@H](F)[C@H]2O1. The molecule has 2 aliphatic heterocycles. The molecule has 0 radical (unpaired) electrons. The minimum Gasteiger partial charge on any atom is -0.394 e. The number of fused-ring (bicyclic) bond motifs is 1. The normalized spacial score (nSPS) is 39.2. The summed E-state index contributed by atoms with van der Waals surface area (Å²) in [6.45, 7) is 2.54. The summed E-state index contributed by atoms with van der Waals surface area (Å²) in [5, 5.41) is 9.12. The Balaban J connectivity index is 2.08. The molecule has 112 valence electrons. The first-order valence-electron chi connectivity index (χ1n) is 5.77. The molecule has 0 aromatic carbocycles. The van der Waals surface area contributed by atoms with Crippen LogP contribution >= 0.6 is 0 Å². The van der Waals surface area contributed by atoms with Crippen molar-refractivity contribution in [2.75, 3.05) is 12.9 Å². The molecule has 1 N–H and O–H groups in total. The summed E-state index contributed by atoms with van der Waals surface area (Å²) < 4.78 is 56.8. The number of aliphatic hydroxyl groups is 1. The number of hydrogen-bond donors (Lipinski definition) is 1. The maximum atomic E-state index is 14.2. The van der Waals surface area contributed by atoms with Gasteiger partial charge in [0.25, 0.3) is 10.1 Å². The van der Waals surface area contributed by atoms with Crippen LogP contribution in [0.15, 0.2) is 0 Å². The van der Waals surface area contributed by atoms with E-state index in [9.17, 15) is 12.8 Å². The fourth-order valence-electron chi connectivity index (χ4n) is 2.20. The Kier molecular flexibility index (Phi) is 3.89. The highest BCUT2D eigenvalue weighted by Gasteiger charge is 2.57. The van der Waals surface area contributed by atoms with Crippen molar-refractivity contribution in [2.45, 2.75) is 50.4 Å². The molecule has 0 spiro atoms. The van der Waals surface area contributed by atoms with Gasteiger partial charge in [-0.2, -0.15) is 8.42 Å². The lowest BCUT2D eigenvalue weighted by molar-refractivity contribution is -0.220. The lowest BCUT2D eigenvalue weighted by Gasteiger charge is -2.25. The van der Waals surface area contributed by atoms with E-state index in [0.29, 0.717) is 0 Å². The zero-order valence-corrected chi connectivity index (χ0v) is 11.6. The van der Waals surface area contributed by atoms with Gasteiger partial charge in [0.1, 0.15) is 18.3 Å². The van der Waals surface area contributed by atoms with E-state index in [-0.39, 0.29) is 0 Å². The third-order valence-electron chi connectivity index (χ3n) is 2.85. The predicted octanol–water partition coefficient (Wildman–Crippen LogP) is -0.462. The van der Waals surface area contributed by atoms with Crippen LogP contribution in [-0.2, 0) is 28.5 Å².